The molecule has 0 radical (unpaired) electrons. The molecule has 0 bridgehead atoms. The van der Waals surface area contributed by atoms with E-state index in [0.717, 1.165) is 7.05 Å². The van der Waals surface area contributed by atoms with Gasteiger partial charge in [0.2, 0.25) is 0 Å². The van der Waals surface area contributed by atoms with Crippen molar-refractivity contribution in [3.05, 3.63) is 29.3 Å². The van der Waals surface area contributed by atoms with Crippen molar-refractivity contribution in [2.24, 2.45) is 0 Å². The SMILES string of the molecule is CN(CC(F)(F)F)C(=O)N1CCc2cc(C(=O)O)ccc21. The molecule has 1 aliphatic rings. The van der Waals surface area contributed by atoms with Crippen LogP contribution in [0.25, 0.3) is 0 Å². The van der Waals surface area contributed by atoms with E-state index in [-0.39, 0.29) is 12.1 Å². The summed E-state index contributed by atoms with van der Waals surface area (Å²) in [6.45, 7) is -1.09. The number of halogens is 3. The molecule has 0 aliphatic carbocycles. The second-order valence-corrected chi connectivity index (χ2v) is 4.80. The zero-order valence-corrected chi connectivity index (χ0v) is 11.1. The molecule has 0 saturated carbocycles. The third kappa shape index (κ3) is 3.26. The van der Waals surface area contributed by atoms with Crippen LogP contribution in [0.5, 0.6) is 0 Å². The van der Waals surface area contributed by atoms with E-state index in [1.54, 1.807) is 0 Å². The zero-order chi connectivity index (χ0) is 15.8. The van der Waals surface area contributed by atoms with Crippen molar-refractivity contribution in [3.63, 3.8) is 0 Å². The van der Waals surface area contributed by atoms with Crippen LogP contribution in [0.15, 0.2) is 18.2 Å². The predicted octanol–water partition coefficient (Wildman–Crippen LogP) is 2.36. The summed E-state index contributed by atoms with van der Waals surface area (Å²) >= 11 is 0. The number of hydrogen-bond donors (Lipinski definition) is 1. The van der Waals surface area contributed by atoms with Crippen molar-refractivity contribution < 1.29 is 27.9 Å². The van der Waals surface area contributed by atoms with Gasteiger partial charge in [0.25, 0.3) is 0 Å². The van der Waals surface area contributed by atoms with Crippen LogP contribution in [0.4, 0.5) is 23.7 Å². The van der Waals surface area contributed by atoms with Crippen LogP contribution < -0.4 is 4.90 Å². The van der Waals surface area contributed by atoms with E-state index >= 15 is 0 Å². The fourth-order valence-electron chi connectivity index (χ4n) is 2.28. The number of carbonyl (C=O) groups is 2. The maximum Gasteiger partial charge on any atom is 0.406 e. The summed E-state index contributed by atoms with van der Waals surface area (Å²) in [5.74, 6) is -1.09. The Morgan fingerprint density at radius 2 is 2.05 bits per heavy atom. The first-order valence-corrected chi connectivity index (χ1v) is 6.14. The third-order valence-corrected chi connectivity index (χ3v) is 3.20. The lowest BCUT2D eigenvalue weighted by atomic mass is 10.1. The molecule has 0 saturated heterocycles. The molecular weight excluding hydrogens is 289 g/mol. The minimum absolute atomic E-state index is 0.0895. The maximum atomic E-state index is 12.3. The highest BCUT2D eigenvalue weighted by atomic mass is 19.4. The molecule has 0 atom stereocenters. The number of anilines is 1. The Balaban J connectivity index is 2.19. The Labute approximate surface area is 118 Å². The Kier molecular flexibility index (Phi) is 3.80. The predicted molar refractivity (Wildman–Crippen MR) is 68.5 cm³/mol. The van der Waals surface area contributed by atoms with E-state index in [1.807, 2.05) is 0 Å². The summed E-state index contributed by atoms with van der Waals surface area (Å²) in [5, 5.41) is 8.89. The van der Waals surface area contributed by atoms with Crippen LogP contribution >= 0.6 is 0 Å². The Bertz CT molecular complexity index is 587. The fraction of sp³-hybridized carbons (Fsp3) is 0.385. The summed E-state index contributed by atoms with van der Waals surface area (Å²) < 4.78 is 36.9. The van der Waals surface area contributed by atoms with Crippen LogP contribution in [-0.2, 0) is 6.42 Å². The number of benzene rings is 1. The number of amides is 2. The van der Waals surface area contributed by atoms with Gasteiger partial charge in [-0.1, -0.05) is 0 Å². The topological polar surface area (TPSA) is 60.9 Å². The number of hydrogen-bond acceptors (Lipinski definition) is 2. The smallest absolute Gasteiger partial charge is 0.406 e. The number of carboxylic acid groups (broad SMARTS) is 1. The molecule has 0 unspecified atom stereocenters. The summed E-state index contributed by atoms with van der Waals surface area (Å²) in [4.78, 5) is 24.7. The Morgan fingerprint density at radius 1 is 1.38 bits per heavy atom. The van der Waals surface area contributed by atoms with E-state index in [0.29, 0.717) is 22.6 Å². The molecule has 0 aromatic heterocycles. The molecule has 21 heavy (non-hydrogen) atoms. The van der Waals surface area contributed by atoms with Gasteiger partial charge in [-0.05, 0) is 30.2 Å². The molecular formula is C13H13F3N2O3. The molecule has 0 fully saturated rings. The number of carboxylic acids is 1. The Hall–Kier alpha value is -2.25. The summed E-state index contributed by atoms with van der Waals surface area (Å²) in [5.41, 5.74) is 1.19. The lowest BCUT2D eigenvalue weighted by molar-refractivity contribution is -0.137. The molecule has 5 nitrogen and oxygen atoms in total. The van der Waals surface area contributed by atoms with E-state index in [1.165, 1.54) is 23.1 Å². The van der Waals surface area contributed by atoms with Crippen molar-refractivity contribution in [2.75, 3.05) is 25.0 Å². The van der Waals surface area contributed by atoms with E-state index in [2.05, 4.69) is 0 Å². The number of rotatable bonds is 2. The number of alkyl halides is 3. The molecule has 8 heteroatoms. The minimum Gasteiger partial charge on any atom is -0.478 e. The lowest BCUT2D eigenvalue weighted by Crippen LogP contribution is -2.44. The molecule has 1 heterocycles. The molecule has 2 amide bonds. The number of carbonyl (C=O) groups excluding carboxylic acids is 1. The number of urea groups is 1. The maximum absolute atomic E-state index is 12.3. The van der Waals surface area contributed by atoms with Crippen LogP contribution in [0.1, 0.15) is 15.9 Å². The van der Waals surface area contributed by atoms with E-state index < -0.39 is 24.7 Å². The van der Waals surface area contributed by atoms with Crippen LogP contribution in [0.2, 0.25) is 0 Å². The number of nitrogens with zero attached hydrogens (tertiary/aromatic N) is 2. The van der Waals surface area contributed by atoms with E-state index in [4.69, 9.17) is 5.11 Å². The number of aromatic carboxylic acids is 1. The van der Waals surface area contributed by atoms with Gasteiger partial charge in [0.15, 0.2) is 0 Å². The number of fused-ring (bicyclic) bond motifs is 1. The lowest BCUT2D eigenvalue weighted by Gasteiger charge is -2.25. The monoisotopic (exact) mass is 302 g/mol. The van der Waals surface area contributed by atoms with Crippen molar-refractivity contribution in [2.45, 2.75) is 12.6 Å². The molecule has 1 aliphatic heterocycles. The summed E-state index contributed by atoms with van der Waals surface area (Å²) in [7, 11) is 1.08. The highest BCUT2D eigenvalue weighted by molar-refractivity contribution is 5.95. The van der Waals surface area contributed by atoms with Gasteiger partial charge in [0.05, 0.1) is 5.56 Å². The van der Waals surface area contributed by atoms with Crippen molar-refractivity contribution in [3.8, 4) is 0 Å². The van der Waals surface area contributed by atoms with Gasteiger partial charge in [-0.25, -0.2) is 9.59 Å². The van der Waals surface area contributed by atoms with Gasteiger partial charge < -0.3 is 10.0 Å². The van der Waals surface area contributed by atoms with Gasteiger partial charge in [-0.2, -0.15) is 13.2 Å². The summed E-state index contributed by atoms with van der Waals surface area (Å²) in [6.07, 6.45) is -4.04. The fourth-order valence-corrected chi connectivity index (χ4v) is 2.28. The van der Waals surface area contributed by atoms with Gasteiger partial charge in [-0.3, -0.25) is 4.90 Å². The Morgan fingerprint density at radius 3 is 2.62 bits per heavy atom. The third-order valence-electron chi connectivity index (χ3n) is 3.20. The second kappa shape index (κ2) is 5.27. The average molecular weight is 302 g/mol. The largest absolute Gasteiger partial charge is 0.478 e. The molecule has 0 spiro atoms. The van der Waals surface area contributed by atoms with Gasteiger partial charge in [0.1, 0.15) is 6.54 Å². The van der Waals surface area contributed by atoms with Crippen LogP contribution in [0.3, 0.4) is 0 Å². The molecule has 1 N–H and O–H groups in total. The molecule has 1 aromatic carbocycles. The van der Waals surface area contributed by atoms with Crippen LogP contribution in [0, 0.1) is 0 Å². The second-order valence-electron chi connectivity index (χ2n) is 4.80. The van der Waals surface area contributed by atoms with Crippen LogP contribution in [-0.4, -0.2) is 48.3 Å². The van der Waals surface area contributed by atoms with Crippen molar-refractivity contribution in [1.82, 2.24) is 4.90 Å². The molecule has 1 aromatic rings. The minimum atomic E-state index is -4.46. The molecule has 2 rings (SSSR count). The highest BCUT2D eigenvalue weighted by Gasteiger charge is 2.34. The van der Waals surface area contributed by atoms with Crippen molar-refractivity contribution >= 4 is 17.7 Å². The highest BCUT2D eigenvalue weighted by Crippen LogP contribution is 2.30. The van der Waals surface area contributed by atoms with Gasteiger partial charge in [0, 0.05) is 19.3 Å². The molecule has 114 valence electrons. The first-order valence-electron chi connectivity index (χ1n) is 6.14. The first kappa shape index (κ1) is 15.1. The standard InChI is InChI=1S/C13H13F3N2O3/c1-17(7-13(14,15)16)12(21)18-5-4-8-6-9(11(19)20)2-3-10(8)18/h2-3,6H,4-5,7H2,1H3,(H,19,20). The van der Waals surface area contributed by atoms with E-state index in [9.17, 15) is 22.8 Å². The quantitative estimate of drug-likeness (QED) is 0.912. The normalized spacial score (nSPS) is 14.0. The first-order chi connectivity index (χ1) is 9.69. The van der Waals surface area contributed by atoms with Gasteiger partial charge in [-0.15, -0.1) is 0 Å². The summed E-state index contributed by atoms with van der Waals surface area (Å²) in [6, 6.07) is 3.46. The van der Waals surface area contributed by atoms with Gasteiger partial charge >= 0.3 is 18.2 Å². The zero-order valence-electron chi connectivity index (χ0n) is 11.1. The average Bonchev–Trinajstić information content (AvgIpc) is 2.78. The van der Waals surface area contributed by atoms with Crippen molar-refractivity contribution in [1.29, 1.82) is 0 Å².